The molecule has 0 bridgehead atoms. The first-order chi connectivity index (χ1) is 15.6. The number of benzene rings is 1. The van der Waals surface area contributed by atoms with Crippen LogP contribution in [0.5, 0.6) is 0 Å². The van der Waals surface area contributed by atoms with Gasteiger partial charge in [-0.1, -0.05) is 11.6 Å². The molecule has 0 spiro atoms. The Morgan fingerprint density at radius 3 is 2.85 bits per heavy atom. The molecule has 0 radical (unpaired) electrons. The van der Waals surface area contributed by atoms with Gasteiger partial charge in [-0.15, -0.1) is 0 Å². The number of hydrogen-bond acceptors (Lipinski definition) is 5. The van der Waals surface area contributed by atoms with Gasteiger partial charge >= 0.3 is 6.09 Å². The molecule has 3 heterocycles. The number of ether oxygens (including phenoxy) is 1. The number of pyridine rings is 1. The molecule has 2 aromatic heterocycles. The number of halogens is 1. The van der Waals surface area contributed by atoms with Crippen molar-refractivity contribution in [3.63, 3.8) is 0 Å². The number of carbonyl (C=O) groups excluding carboxylic acids is 1. The summed E-state index contributed by atoms with van der Waals surface area (Å²) in [5.74, 6) is 0. The average molecular weight is 466 g/mol. The van der Waals surface area contributed by atoms with Gasteiger partial charge in [0.1, 0.15) is 11.7 Å². The molecule has 1 aliphatic heterocycles. The Hall–Kier alpha value is -3.08. The Morgan fingerprint density at radius 2 is 2.12 bits per heavy atom. The van der Waals surface area contributed by atoms with E-state index >= 15 is 0 Å². The van der Waals surface area contributed by atoms with Gasteiger partial charge in [-0.25, -0.2) is 4.79 Å². The van der Waals surface area contributed by atoms with Crippen LogP contribution >= 0.6 is 11.6 Å². The Labute approximate surface area is 198 Å². The lowest BCUT2D eigenvalue weighted by atomic mass is 10.1. The summed E-state index contributed by atoms with van der Waals surface area (Å²) >= 11 is 6.19. The van der Waals surface area contributed by atoms with Crippen molar-refractivity contribution in [1.29, 1.82) is 5.26 Å². The van der Waals surface area contributed by atoms with E-state index in [-0.39, 0.29) is 12.1 Å². The number of alkyl carbamates (subject to hydrolysis) is 1. The number of hydrogen-bond donors (Lipinski definition) is 1. The topological polar surface area (TPSA) is 83.2 Å². The number of nitrogens with one attached hydrogen (secondary N) is 1. The number of fused-ring (bicyclic) bond motifs is 1. The highest BCUT2D eigenvalue weighted by Gasteiger charge is 2.26. The lowest BCUT2D eigenvalue weighted by Gasteiger charge is -2.22. The van der Waals surface area contributed by atoms with Crippen LogP contribution in [0.3, 0.4) is 0 Å². The first kappa shape index (κ1) is 23.1. The number of rotatable bonds is 4. The lowest BCUT2D eigenvalue weighted by Crippen LogP contribution is -2.40. The summed E-state index contributed by atoms with van der Waals surface area (Å²) < 4.78 is 7.36. The van der Waals surface area contributed by atoms with Gasteiger partial charge in [-0.2, -0.15) is 5.26 Å². The fraction of sp³-hybridized carbons (Fsp3) is 0.400. The molecule has 3 aromatic rings. The number of aromatic nitrogens is 2. The molecule has 1 fully saturated rings. The van der Waals surface area contributed by atoms with Crippen molar-refractivity contribution in [3.8, 4) is 17.3 Å². The molecule has 1 amide bonds. The molecule has 8 heteroatoms. The third kappa shape index (κ3) is 5.13. The summed E-state index contributed by atoms with van der Waals surface area (Å²) in [6, 6.07) is 10.1. The highest BCUT2D eigenvalue weighted by atomic mass is 35.5. The number of amides is 1. The Balaban J connectivity index is 1.51. The van der Waals surface area contributed by atoms with Gasteiger partial charge in [0.2, 0.25) is 0 Å². The van der Waals surface area contributed by atoms with E-state index in [1.165, 1.54) is 0 Å². The van der Waals surface area contributed by atoms with E-state index in [1.54, 1.807) is 12.3 Å². The maximum Gasteiger partial charge on any atom is 0.407 e. The Morgan fingerprint density at radius 1 is 1.33 bits per heavy atom. The summed E-state index contributed by atoms with van der Waals surface area (Å²) in [4.78, 5) is 18.8. The molecule has 0 unspecified atom stereocenters. The van der Waals surface area contributed by atoms with E-state index in [1.807, 2.05) is 50.7 Å². The third-order valence-electron chi connectivity index (χ3n) is 5.74. The van der Waals surface area contributed by atoms with Crippen LogP contribution in [-0.2, 0) is 18.3 Å². The minimum atomic E-state index is -0.510. The number of aryl methyl sites for hydroxylation is 1. The van der Waals surface area contributed by atoms with Gasteiger partial charge in [0, 0.05) is 61.1 Å². The Bertz CT molecular complexity index is 1240. The quantitative estimate of drug-likeness (QED) is 0.594. The monoisotopic (exact) mass is 465 g/mol. The fourth-order valence-electron chi connectivity index (χ4n) is 4.39. The number of nitriles is 1. The zero-order chi connectivity index (χ0) is 23.8. The SMILES string of the molecule is Cn1c(-c2cncc(CN3CC[C@@H](NC(=O)OC(C)(C)C)C3)c2)c(C#N)c2ccc(Cl)cc21. The molecule has 1 atom stereocenters. The highest BCUT2D eigenvalue weighted by molar-refractivity contribution is 6.31. The molecular weight excluding hydrogens is 438 g/mol. The van der Waals surface area contributed by atoms with Crippen molar-refractivity contribution in [2.45, 2.75) is 45.4 Å². The standard InChI is InChI=1S/C25H28ClN5O2/c1-25(2,3)33-24(32)29-19-7-8-31(15-19)14-16-9-17(13-28-12-16)23-21(11-27)20-6-5-18(26)10-22(20)30(23)4/h5-6,9-10,12-13,19H,7-8,14-15H2,1-4H3,(H,29,32)/t19-/m1/s1. The van der Waals surface area contributed by atoms with E-state index in [0.29, 0.717) is 17.1 Å². The summed E-state index contributed by atoms with van der Waals surface area (Å²) in [6.07, 6.45) is 4.13. The molecule has 4 rings (SSSR count). The van der Waals surface area contributed by atoms with Gasteiger partial charge in [0.05, 0.1) is 16.8 Å². The molecule has 1 N–H and O–H groups in total. The largest absolute Gasteiger partial charge is 0.444 e. The van der Waals surface area contributed by atoms with Crippen LogP contribution in [-0.4, -0.2) is 45.3 Å². The molecular formula is C25H28ClN5O2. The normalized spacial score (nSPS) is 16.7. The summed E-state index contributed by atoms with van der Waals surface area (Å²) in [5.41, 5.74) is 3.79. The van der Waals surface area contributed by atoms with Crippen molar-refractivity contribution in [1.82, 2.24) is 19.8 Å². The first-order valence-corrected chi connectivity index (χ1v) is 11.4. The van der Waals surface area contributed by atoms with Crippen molar-refractivity contribution in [3.05, 3.63) is 52.8 Å². The fourth-order valence-corrected chi connectivity index (χ4v) is 4.56. The maximum absolute atomic E-state index is 12.1. The van der Waals surface area contributed by atoms with Gasteiger partial charge < -0.3 is 14.6 Å². The number of nitrogens with zero attached hydrogens (tertiary/aromatic N) is 4. The first-order valence-electron chi connectivity index (χ1n) is 11.0. The van der Waals surface area contributed by atoms with E-state index in [4.69, 9.17) is 16.3 Å². The van der Waals surface area contributed by atoms with Crippen LogP contribution in [0, 0.1) is 11.3 Å². The summed E-state index contributed by atoms with van der Waals surface area (Å²) in [7, 11) is 1.94. The van der Waals surface area contributed by atoms with Crippen LogP contribution in [0.2, 0.25) is 5.02 Å². The molecule has 172 valence electrons. The molecule has 1 saturated heterocycles. The minimum Gasteiger partial charge on any atom is -0.444 e. The van der Waals surface area contributed by atoms with Crippen LogP contribution in [0.1, 0.15) is 38.3 Å². The van der Waals surface area contributed by atoms with Crippen molar-refractivity contribution in [2.75, 3.05) is 13.1 Å². The summed E-state index contributed by atoms with van der Waals surface area (Å²) in [5, 5.41) is 14.3. The zero-order valence-corrected chi connectivity index (χ0v) is 20.1. The number of likely N-dealkylation sites (tertiary alicyclic amines) is 1. The van der Waals surface area contributed by atoms with Gasteiger partial charge in [0.25, 0.3) is 0 Å². The van der Waals surface area contributed by atoms with Crippen LogP contribution in [0.25, 0.3) is 22.2 Å². The second-order valence-electron chi connectivity index (χ2n) is 9.50. The highest BCUT2D eigenvalue weighted by Crippen LogP contribution is 2.34. The van der Waals surface area contributed by atoms with Crippen LogP contribution in [0.4, 0.5) is 4.79 Å². The third-order valence-corrected chi connectivity index (χ3v) is 5.98. The zero-order valence-electron chi connectivity index (χ0n) is 19.4. The molecule has 33 heavy (non-hydrogen) atoms. The van der Waals surface area contributed by atoms with Crippen molar-refractivity contribution < 1.29 is 9.53 Å². The molecule has 1 aromatic carbocycles. The molecule has 0 aliphatic carbocycles. The van der Waals surface area contributed by atoms with Crippen LogP contribution in [0.15, 0.2) is 36.7 Å². The van der Waals surface area contributed by atoms with Gasteiger partial charge in [-0.3, -0.25) is 9.88 Å². The smallest absolute Gasteiger partial charge is 0.407 e. The minimum absolute atomic E-state index is 0.0594. The second kappa shape index (κ2) is 9.05. The lowest BCUT2D eigenvalue weighted by molar-refractivity contribution is 0.0505. The van der Waals surface area contributed by atoms with Gasteiger partial charge in [0.15, 0.2) is 0 Å². The molecule has 1 aliphatic rings. The maximum atomic E-state index is 12.1. The van der Waals surface area contributed by atoms with Crippen molar-refractivity contribution in [2.24, 2.45) is 7.05 Å². The average Bonchev–Trinajstić information content (AvgIpc) is 3.28. The van der Waals surface area contributed by atoms with Gasteiger partial charge in [-0.05, 0) is 57.0 Å². The van der Waals surface area contributed by atoms with Crippen LogP contribution < -0.4 is 5.32 Å². The van der Waals surface area contributed by atoms with E-state index in [2.05, 4.69) is 27.3 Å². The molecule has 0 saturated carbocycles. The van der Waals surface area contributed by atoms with E-state index < -0.39 is 5.60 Å². The van der Waals surface area contributed by atoms with E-state index in [9.17, 15) is 10.1 Å². The number of carbonyl (C=O) groups is 1. The Kier molecular flexibility index (Phi) is 6.33. The molecule has 7 nitrogen and oxygen atoms in total. The second-order valence-corrected chi connectivity index (χ2v) is 9.94. The van der Waals surface area contributed by atoms with E-state index in [0.717, 1.165) is 47.2 Å². The van der Waals surface area contributed by atoms with Crippen molar-refractivity contribution >= 4 is 28.6 Å². The predicted molar refractivity (Wildman–Crippen MR) is 129 cm³/mol. The predicted octanol–water partition coefficient (Wildman–Crippen LogP) is 4.86. The summed E-state index contributed by atoms with van der Waals surface area (Å²) in [6.45, 7) is 7.91.